The Morgan fingerprint density at radius 3 is 2.66 bits per heavy atom. The summed E-state index contributed by atoms with van der Waals surface area (Å²) >= 11 is 0. The van der Waals surface area contributed by atoms with Crippen LogP contribution in [0.1, 0.15) is 31.9 Å². The molecule has 0 saturated heterocycles. The Morgan fingerprint density at radius 1 is 1.10 bits per heavy atom. The zero-order valence-electron chi connectivity index (χ0n) is 16.4. The second-order valence-corrected chi connectivity index (χ2v) is 7.49. The second kappa shape index (κ2) is 8.03. The van der Waals surface area contributed by atoms with Crippen LogP contribution in [0.5, 0.6) is 17.2 Å². The number of benzene rings is 2. The van der Waals surface area contributed by atoms with Crippen LogP contribution in [0.15, 0.2) is 42.5 Å². The Labute approximate surface area is 169 Å². The van der Waals surface area contributed by atoms with E-state index >= 15 is 0 Å². The monoisotopic (exact) mass is 396 g/mol. The third kappa shape index (κ3) is 4.13. The van der Waals surface area contributed by atoms with Crippen LogP contribution in [-0.4, -0.2) is 31.1 Å². The topological polar surface area (TPSA) is 85.9 Å². The zero-order valence-corrected chi connectivity index (χ0v) is 16.4. The van der Waals surface area contributed by atoms with Crippen molar-refractivity contribution in [2.75, 3.05) is 18.5 Å². The first-order valence-corrected chi connectivity index (χ1v) is 9.76. The van der Waals surface area contributed by atoms with Crippen LogP contribution in [0.2, 0.25) is 0 Å². The van der Waals surface area contributed by atoms with Gasteiger partial charge in [-0.25, -0.2) is 0 Å². The Kier molecular flexibility index (Phi) is 5.29. The number of carbonyl (C=O) groups is 2. The Balaban J connectivity index is 1.45. The largest absolute Gasteiger partial charge is 0.486 e. The summed E-state index contributed by atoms with van der Waals surface area (Å²) in [7, 11) is 0. The van der Waals surface area contributed by atoms with E-state index in [2.05, 4.69) is 10.6 Å². The number of hydrogen-bond donors (Lipinski definition) is 2. The van der Waals surface area contributed by atoms with Crippen molar-refractivity contribution in [3.05, 3.63) is 48.0 Å². The number of fused-ring (bicyclic) bond motifs is 2. The fourth-order valence-corrected chi connectivity index (χ4v) is 3.52. The van der Waals surface area contributed by atoms with Crippen molar-refractivity contribution in [2.45, 2.75) is 32.4 Å². The average Bonchev–Trinajstić information content (AvgIpc) is 2.72. The number of hydrogen-bond acceptors (Lipinski definition) is 5. The fourth-order valence-electron chi connectivity index (χ4n) is 3.52. The number of rotatable bonds is 5. The van der Waals surface area contributed by atoms with Gasteiger partial charge in [-0.15, -0.1) is 0 Å². The molecule has 152 valence electrons. The minimum atomic E-state index is -0.863. The SMILES string of the molecule is CC(C)[C@@H](NC(=O)C[C@@H]1Oc2ccccc2NC1=O)c1ccc2c(c1)OCCO2. The van der Waals surface area contributed by atoms with E-state index in [1.807, 2.05) is 44.2 Å². The lowest BCUT2D eigenvalue weighted by Crippen LogP contribution is -2.42. The molecule has 7 heteroatoms. The highest BCUT2D eigenvalue weighted by Crippen LogP contribution is 2.34. The first kappa shape index (κ1) is 19.1. The maximum Gasteiger partial charge on any atom is 0.266 e. The number of anilines is 1. The molecule has 2 N–H and O–H groups in total. The highest BCUT2D eigenvalue weighted by Gasteiger charge is 2.31. The highest BCUT2D eigenvalue weighted by atomic mass is 16.6. The molecule has 0 bridgehead atoms. The highest BCUT2D eigenvalue weighted by molar-refractivity contribution is 5.99. The molecule has 0 aromatic heterocycles. The molecule has 2 aliphatic rings. The summed E-state index contributed by atoms with van der Waals surface area (Å²) in [5.74, 6) is 1.53. The molecule has 2 heterocycles. The van der Waals surface area contributed by atoms with Gasteiger partial charge in [0.25, 0.3) is 5.91 Å². The summed E-state index contributed by atoms with van der Waals surface area (Å²) in [6, 6.07) is 12.6. The van der Waals surface area contributed by atoms with Gasteiger partial charge in [-0.05, 0) is 35.7 Å². The number of carbonyl (C=O) groups excluding carboxylic acids is 2. The summed E-state index contributed by atoms with van der Waals surface area (Å²) in [5.41, 5.74) is 1.54. The molecule has 2 aliphatic heterocycles. The molecule has 2 aromatic carbocycles. The summed E-state index contributed by atoms with van der Waals surface area (Å²) in [4.78, 5) is 25.0. The van der Waals surface area contributed by atoms with E-state index in [4.69, 9.17) is 14.2 Å². The summed E-state index contributed by atoms with van der Waals surface area (Å²) in [6.45, 7) is 5.09. The smallest absolute Gasteiger partial charge is 0.266 e. The van der Waals surface area contributed by atoms with Gasteiger partial charge in [0.05, 0.1) is 18.2 Å². The molecule has 0 radical (unpaired) electrons. The lowest BCUT2D eigenvalue weighted by Gasteiger charge is -2.28. The van der Waals surface area contributed by atoms with E-state index in [1.54, 1.807) is 12.1 Å². The van der Waals surface area contributed by atoms with Crippen molar-refractivity contribution in [1.29, 1.82) is 0 Å². The number of ether oxygens (including phenoxy) is 3. The van der Waals surface area contributed by atoms with Gasteiger partial charge in [-0.2, -0.15) is 0 Å². The molecule has 0 spiro atoms. The fraction of sp³-hybridized carbons (Fsp3) is 0.364. The Morgan fingerprint density at radius 2 is 1.86 bits per heavy atom. The average molecular weight is 396 g/mol. The normalized spacial score (nSPS) is 18.3. The third-order valence-corrected chi connectivity index (χ3v) is 4.99. The van der Waals surface area contributed by atoms with Crippen LogP contribution < -0.4 is 24.8 Å². The number of para-hydroxylation sites is 2. The maximum absolute atomic E-state index is 12.7. The maximum atomic E-state index is 12.7. The van der Waals surface area contributed by atoms with Crippen LogP contribution in [0.4, 0.5) is 5.69 Å². The third-order valence-electron chi connectivity index (χ3n) is 4.99. The van der Waals surface area contributed by atoms with Gasteiger partial charge in [-0.1, -0.05) is 32.0 Å². The number of amides is 2. The minimum Gasteiger partial charge on any atom is -0.486 e. The van der Waals surface area contributed by atoms with Gasteiger partial charge < -0.3 is 24.8 Å². The van der Waals surface area contributed by atoms with Gasteiger partial charge >= 0.3 is 0 Å². The van der Waals surface area contributed by atoms with Crippen LogP contribution >= 0.6 is 0 Å². The van der Waals surface area contributed by atoms with Gasteiger partial charge in [0, 0.05) is 0 Å². The molecular formula is C22H24N2O5. The Bertz CT molecular complexity index is 927. The molecule has 2 aromatic rings. The predicted molar refractivity (Wildman–Crippen MR) is 107 cm³/mol. The molecule has 7 nitrogen and oxygen atoms in total. The van der Waals surface area contributed by atoms with Crippen LogP contribution in [-0.2, 0) is 9.59 Å². The van der Waals surface area contributed by atoms with Crippen molar-refractivity contribution in [3.8, 4) is 17.2 Å². The van der Waals surface area contributed by atoms with E-state index in [1.165, 1.54) is 0 Å². The zero-order chi connectivity index (χ0) is 20.4. The van der Waals surface area contributed by atoms with Gasteiger partial charge in [0.15, 0.2) is 17.6 Å². The van der Waals surface area contributed by atoms with Crippen LogP contribution in [0, 0.1) is 5.92 Å². The predicted octanol–water partition coefficient (Wildman–Crippen LogP) is 3.06. The molecule has 2 amide bonds. The molecule has 0 unspecified atom stereocenters. The first-order chi connectivity index (χ1) is 14.0. The molecule has 4 rings (SSSR count). The Hall–Kier alpha value is -3.22. The van der Waals surface area contributed by atoms with E-state index in [0.717, 1.165) is 5.56 Å². The molecule has 0 saturated carbocycles. The number of nitrogens with one attached hydrogen (secondary N) is 2. The van der Waals surface area contributed by atoms with Gasteiger partial charge in [0.2, 0.25) is 5.91 Å². The van der Waals surface area contributed by atoms with Crippen LogP contribution in [0.3, 0.4) is 0 Å². The molecular weight excluding hydrogens is 372 g/mol. The van der Waals surface area contributed by atoms with Gasteiger partial charge in [0.1, 0.15) is 19.0 Å². The van der Waals surface area contributed by atoms with Crippen molar-refractivity contribution in [3.63, 3.8) is 0 Å². The standard InChI is InChI=1S/C22H24N2O5/c1-13(2)21(14-7-8-17-18(11-14)28-10-9-27-17)24-20(25)12-19-22(26)23-15-5-3-4-6-16(15)29-19/h3-8,11,13,19,21H,9-10,12H2,1-2H3,(H,23,26)(H,24,25)/t19-,21+/m0/s1. The van der Waals surface area contributed by atoms with E-state index in [9.17, 15) is 9.59 Å². The van der Waals surface area contributed by atoms with E-state index < -0.39 is 6.10 Å². The van der Waals surface area contributed by atoms with Crippen molar-refractivity contribution < 1.29 is 23.8 Å². The first-order valence-electron chi connectivity index (χ1n) is 9.76. The van der Waals surface area contributed by atoms with Gasteiger partial charge in [-0.3, -0.25) is 9.59 Å². The van der Waals surface area contributed by atoms with Crippen molar-refractivity contribution in [2.24, 2.45) is 5.92 Å². The van der Waals surface area contributed by atoms with Crippen molar-refractivity contribution >= 4 is 17.5 Å². The second-order valence-electron chi connectivity index (χ2n) is 7.49. The van der Waals surface area contributed by atoms with E-state index in [0.29, 0.717) is 36.1 Å². The van der Waals surface area contributed by atoms with Crippen molar-refractivity contribution in [1.82, 2.24) is 5.32 Å². The minimum absolute atomic E-state index is 0.0616. The summed E-state index contributed by atoms with van der Waals surface area (Å²) in [6.07, 6.45) is -0.925. The van der Waals surface area contributed by atoms with Crippen LogP contribution in [0.25, 0.3) is 0 Å². The van der Waals surface area contributed by atoms with E-state index in [-0.39, 0.29) is 30.2 Å². The summed E-state index contributed by atoms with van der Waals surface area (Å²) < 4.78 is 17.0. The molecule has 0 fully saturated rings. The lowest BCUT2D eigenvalue weighted by atomic mass is 9.95. The molecule has 29 heavy (non-hydrogen) atoms. The quantitative estimate of drug-likeness (QED) is 0.811. The summed E-state index contributed by atoms with van der Waals surface area (Å²) in [5, 5.41) is 5.82. The lowest BCUT2D eigenvalue weighted by molar-refractivity contribution is -0.131. The molecule has 0 aliphatic carbocycles. The molecule has 2 atom stereocenters.